The topological polar surface area (TPSA) is 78.2 Å². The zero-order valence-corrected chi connectivity index (χ0v) is 12.1. The first-order valence-electron chi connectivity index (χ1n) is 6.94. The minimum Gasteiger partial charge on any atom is -0.396 e. The maximum absolute atomic E-state index is 12.2. The van der Waals surface area contributed by atoms with Crippen molar-refractivity contribution < 1.29 is 4.79 Å². The Kier molecular flexibility index (Phi) is 6.35. The number of rotatable bonds is 8. The average molecular weight is 267 g/mol. The third-order valence-corrected chi connectivity index (χ3v) is 3.35. The first-order chi connectivity index (χ1) is 9.13. The fraction of sp³-hybridized carbons (Fsp3) is 0.692. The summed E-state index contributed by atoms with van der Waals surface area (Å²) in [6.07, 6.45) is 2.44. The van der Waals surface area contributed by atoms with E-state index in [9.17, 15) is 4.79 Å². The van der Waals surface area contributed by atoms with Crippen LogP contribution in [0.5, 0.6) is 0 Å². The Balaban J connectivity index is 2.50. The van der Waals surface area contributed by atoms with E-state index in [0.29, 0.717) is 17.9 Å². The maximum atomic E-state index is 12.2. The van der Waals surface area contributed by atoms with Crippen LogP contribution in [0.15, 0.2) is 6.20 Å². The quantitative estimate of drug-likeness (QED) is 0.741. The molecule has 0 radical (unpaired) electrons. The lowest BCUT2D eigenvalue weighted by Crippen LogP contribution is -2.34. The van der Waals surface area contributed by atoms with Gasteiger partial charge in [0.05, 0.1) is 11.9 Å². The Morgan fingerprint density at radius 3 is 2.42 bits per heavy atom. The molecular formula is C13H25N5O. The van der Waals surface area contributed by atoms with E-state index in [-0.39, 0.29) is 5.91 Å². The molecule has 0 bridgehead atoms. The van der Waals surface area contributed by atoms with E-state index in [1.165, 1.54) is 6.20 Å². The number of carbonyl (C=O) groups excluding carboxylic acids is 1. The van der Waals surface area contributed by atoms with Crippen molar-refractivity contribution in [1.29, 1.82) is 0 Å². The summed E-state index contributed by atoms with van der Waals surface area (Å²) in [7, 11) is 0. The molecule has 1 amide bonds. The number of nitrogen functional groups attached to an aromatic ring is 1. The minimum absolute atomic E-state index is 0.0722. The molecule has 19 heavy (non-hydrogen) atoms. The molecule has 1 rings (SSSR count). The summed E-state index contributed by atoms with van der Waals surface area (Å²) in [5, 5.41) is 6.45. The molecule has 0 aliphatic carbocycles. The number of hydrogen-bond donors (Lipinski definition) is 2. The molecule has 6 nitrogen and oxygen atoms in total. The summed E-state index contributed by atoms with van der Waals surface area (Å²) in [4.78, 5) is 16.4. The summed E-state index contributed by atoms with van der Waals surface area (Å²) in [5.41, 5.74) is 6.51. The second-order valence-electron chi connectivity index (χ2n) is 4.47. The molecule has 0 saturated heterocycles. The number of carbonyl (C=O) groups is 1. The second-order valence-corrected chi connectivity index (χ2v) is 4.47. The molecular weight excluding hydrogens is 242 g/mol. The number of nitrogens with two attached hydrogens (primary N) is 1. The van der Waals surface area contributed by atoms with Gasteiger partial charge in [-0.2, -0.15) is 5.10 Å². The van der Waals surface area contributed by atoms with Crippen molar-refractivity contribution in [2.75, 3.05) is 38.5 Å². The van der Waals surface area contributed by atoms with Crippen LogP contribution in [0, 0.1) is 0 Å². The van der Waals surface area contributed by atoms with Gasteiger partial charge in [-0.05, 0) is 33.0 Å². The highest BCUT2D eigenvalue weighted by atomic mass is 16.2. The summed E-state index contributed by atoms with van der Waals surface area (Å²) in [5.74, 6) is -0.0722. The Morgan fingerprint density at radius 2 is 1.95 bits per heavy atom. The van der Waals surface area contributed by atoms with Gasteiger partial charge >= 0.3 is 0 Å². The van der Waals surface area contributed by atoms with Crippen molar-refractivity contribution in [3.63, 3.8) is 0 Å². The second kappa shape index (κ2) is 7.78. The number of amides is 1. The third kappa shape index (κ3) is 4.24. The first-order valence-corrected chi connectivity index (χ1v) is 6.94. The van der Waals surface area contributed by atoms with Gasteiger partial charge in [0.2, 0.25) is 0 Å². The molecule has 0 spiro atoms. The van der Waals surface area contributed by atoms with Crippen molar-refractivity contribution in [2.45, 2.75) is 27.2 Å². The highest BCUT2D eigenvalue weighted by Crippen LogP contribution is 2.10. The number of anilines is 1. The summed E-state index contributed by atoms with van der Waals surface area (Å²) in [6, 6.07) is 0. The average Bonchev–Trinajstić information content (AvgIpc) is 2.85. The Hall–Kier alpha value is -1.56. The van der Waals surface area contributed by atoms with Crippen LogP contribution >= 0.6 is 0 Å². The summed E-state index contributed by atoms with van der Waals surface area (Å²) < 4.78 is 0. The largest absolute Gasteiger partial charge is 0.396 e. The van der Waals surface area contributed by atoms with Gasteiger partial charge in [-0.3, -0.25) is 9.89 Å². The molecule has 0 aliphatic heterocycles. The highest BCUT2D eigenvalue weighted by Gasteiger charge is 2.18. The van der Waals surface area contributed by atoms with Crippen molar-refractivity contribution >= 4 is 11.6 Å². The molecule has 1 aromatic rings. The fourth-order valence-electron chi connectivity index (χ4n) is 2.05. The zero-order valence-electron chi connectivity index (χ0n) is 12.1. The molecule has 1 aromatic heterocycles. The monoisotopic (exact) mass is 267 g/mol. The van der Waals surface area contributed by atoms with Crippen LogP contribution in [0.2, 0.25) is 0 Å². The molecule has 6 heteroatoms. The Bertz CT molecular complexity index is 386. The third-order valence-electron chi connectivity index (χ3n) is 3.35. The van der Waals surface area contributed by atoms with Gasteiger partial charge in [-0.1, -0.05) is 13.8 Å². The number of hydrogen-bond acceptors (Lipinski definition) is 4. The van der Waals surface area contributed by atoms with Gasteiger partial charge in [0.1, 0.15) is 5.69 Å². The van der Waals surface area contributed by atoms with Crippen LogP contribution in [0.4, 0.5) is 5.69 Å². The van der Waals surface area contributed by atoms with Crippen molar-refractivity contribution in [2.24, 2.45) is 0 Å². The lowest BCUT2D eigenvalue weighted by Gasteiger charge is -2.23. The maximum Gasteiger partial charge on any atom is 0.274 e. The minimum atomic E-state index is -0.0722. The number of aromatic amines is 1. The van der Waals surface area contributed by atoms with Gasteiger partial charge < -0.3 is 15.5 Å². The normalized spacial score (nSPS) is 10.9. The van der Waals surface area contributed by atoms with Crippen LogP contribution in [-0.2, 0) is 0 Å². The lowest BCUT2D eigenvalue weighted by atomic mass is 10.3. The zero-order chi connectivity index (χ0) is 14.3. The summed E-state index contributed by atoms with van der Waals surface area (Å²) in [6.45, 7) is 10.8. The first kappa shape index (κ1) is 15.5. The lowest BCUT2D eigenvalue weighted by molar-refractivity contribution is 0.0752. The number of H-pyrrole nitrogens is 1. The van der Waals surface area contributed by atoms with E-state index in [4.69, 9.17) is 5.73 Å². The van der Waals surface area contributed by atoms with Crippen LogP contribution in [0.1, 0.15) is 37.7 Å². The summed E-state index contributed by atoms with van der Waals surface area (Å²) >= 11 is 0. The van der Waals surface area contributed by atoms with Crippen molar-refractivity contribution in [3.8, 4) is 0 Å². The smallest absolute Gasteiger partial charge is 0.274 e. The molecule has 1 heterocycles. The predicted molar refractivity (Wildman–Crippen MR) is 77.0 cm³/mol. The van der Waals surface area contributed by atoms with Gasteiger partial charge in [0.25, 0.3) is 5.91 Å². The molecule has 0 aromatic carbocycles. The van der Waals surface area contributed by atoms with Crippen molar-refractivity contribution in [3.05, 3.63) is 11.9 Å². The standard InChI is InChI=1S/C13H25N5O/c1-4-17(5-2)8-7-9-18(6-3)13(19)12-11(14)10-15-16-12/h10H,4-9,14H2,1-3H3,(H,15,16). The van der Waals surface area contributed by atoms with Crippen LogP contribution in [-0.4, -0.2) is 58.6 Å². The van der Waals surface area contributed by atoms with Gasteiger partial charge in [0, 0.05) is 13.1 Å². The van der Waals surface area contributed by atoms with Gasteiger partial charge in [0.15, 0.2) is 0 Å². The van der Waals surface area contributed by atoms with Crippen LogP contribution < -0.4 is 5.73 Å². The number of nitrogens with one attached hydrogen (secondary N) is 1. The predicted octanol–water partition coefficient (Wildman–Crippen LogP) is 1.19. The number of aromatic nitrogens is 2. The van der Waals surface area contributed by atoms with E-state index in [0.717, 1.165) is 32.6 Å². The van der Waals surface area contributed by atoms with Gasteiger partial charge in [-0.25, -0.2) is 0 Å². The Labute approximate surface area is 114 Å². The van der Waals surface area contributed by atoms with Crippen LogP contribution in [0.25, 0.3) is 0 Å². The van der Waals surface area contributed by atoms with E-state index in [2.05, 4.69) is 28.9 Å². The molecule has 3 N–H and O–H groups in total. The Morgan fingerprint density at radius 1 is 1.26 bits per heavy atom. The molecule has 0 aliphatic rings. The molecule has 0 saturated carbocycles. The van der Waals surface area contributed by atoms with E-state index in [1.807, 2.05) is 6.92 Å². The van der Waals surface area contributed by atoms with E-state index in [1.54, 1.807) is 4.90 Å². The SMILES string of the molecule is CCN(CC)CCCN(CC)C(=O)c1[nH]ncc1N. The van der Waals surface area contributed by atoms with Gasteiger partial charge in [-0.15, -0.1) is 0 Å². The molecule has 108 valence electrons. The van der Waals surface area contributed by atoms with Crippen molar-refractivity contribution in [1.82, 2.24) is 20.0 Å². The number of nitrogens with zero attached hydrogens (tertiary/aromatic N) is 3. The molecule has 0 fully saturated rings. The van der Waals surface area contributed by atoms with Crippen LogP contribution in [0.3, 0.4) is 0 Å². The molecule has 0 unspecified atom stereocenters. The fourth-order valence-corrected chi connectivity index (χ4v) is 2.05. The van der Waals surface area contributed by atoms with E-state index < -0.39 is 0 Å². The highest BCUT2D eigenvalue weighted by molar-refractivity contribution is 5.96. The van der Waals surface area contributed by atoms with E-state index >= 15 is 0 Å². The molecule has 0 atom stereocenters.